The lowest BCUT2D eigenvalue weighted by Gasteiger charge is -2.11. The minimum Gasteiger partial charge on any atom is -0.478 e. The second-order valence-corrected chi connectivity index (χ2v) is 6.15. The van der Waals surface area contributed by atoms with Gasteiger partial charge in [0.25, 0.3) is 5.91 Å². The summed E-state index contributed by atoms with van der Waals surface area (Å²) in [7, 11) is 0. The van der Waals surface area contributed by atoms with Crippen molar-refractivity contribution in [3.8, 4) is 0 Å². The van der Waals surface area contributed by atoms with Gasteiger partial charge in [-0.25, -0.2) is 4.79 Å². The Morgan fingerprint density at radius 1 is 1.29 bits per heavy atom. The lowest BCUT2D eigenvalue weighted by Crippen LogP contribution is -2.34. The maximum absolute atomic E-state index is 11.8. The van der Waals surface area contributed by atoms with Crippen molar-refractivity contribution in [3.05, 3.63) is 50.6 Å². The highest BCUT2D eigenvalue weighted by atomic mass is 79.9. The molecule has 0 spiro atoms. The summed E-state index contributed by atoms with van der Waals surface area (Å²) < 4.78 is 0.638. The van der Waals surface area contributed by atoms with E-state index in [9.17, 15) is 9.59 Å². The van der Waals surface area contributed by atoms with E-state index in [0.29, 0.717) is 15.0 Å². The Morgan fingerprint density at radius 3 is 2.67 bits per heavy atom. The quantitative estimate of drug-likeness (QED) is 0.707. The van der Waals surface area contributed by atoms with Crippen LogP contribution < -0.4 is 10.6 Å². The first-order valence-electron chi connectivity index (χ1n) is 5.66. The number of aromatic carboxylic acids is 1. The Bertz CT molecular complexity index is 701. The number of carbonyl (C=O) groups excluding carboxylic acids is 1. The van der Waals surface area contributed by atoms with Crippen molar-refractivity contribution < 1.29 is 14.7 Å². The van der Waals surface area contributed by atoms with Gasteiger partial charge in [0, 0.05) is 4.47 Å². The summed E-state index contributed by atoms with van der Waals surface area (Å²) in [5, 5.41) is 16.2. The Morgan fingerprint density at radius 2 is 2.05 bits per heavy atom. The first-order chi connectivity index (χ1) is 9.97. The van der Waals surface area contributed by atoms with Crippen LogP contribution in [0, 0.1) is 0 Å². The predicted octanol–water partition coefficient (Wildman–Crippen LogP) is 3.34. The fraction of sp³-hybridized carbons (Fsp3) is 0. The molecular weight excluding hydrogens is 376 g/mol. The molecule has 0 saturated carbocycles. The average molecular weight is 385 g/mol. The van der Waals surface area contributed by atoms with Crippen LogP contribution in [-0.4, -0.2) is 22.1 Å². The number of benzene rings is 1. The largest absolute Gasteiger partial charge is 0.478 e. The van der Waals surface area contributed by atoms with Gasteiger partial charge in [-0.15, -0.1) is 11.3 Å². The van der Waals surface area contributed by atoms with Gasteiger partial charge < -0.3 is 10.4 Å². The number of carboxylic acid groups (broad SMARTS) is 1. The Balaban J connectivity index is 2.10. The van der Waals surface area contributed by atoms with Gasteiger partial charge in [-0.3, -0.25) is 10.1 Å². The van der Waals surface area contributed by atoms with E-state index in [2.05, 4.69) is 26.6 Å². The molecule has 8 heteroatoms. The van der Waals surface area contributed by atoms with Crippen LogP contribution in [0.25, 0.3) is 0 Å². The van der Waals surface area contributed by atoms with Crippen molar-refractivity contribution in [3.63, 3.8) is 0 Å². The molecule has 21 heavy (non-hydrogen) atoms. The molecule has 5 nitrogen and oxygen atoms in total. The number of thiocarbonyl (C=S) groups is 1. The molecule has 0 atom stereocenters. The van der Waals surface area contributed by atoms with Crippen LogP contribution in [0.5, 0.6) is 0 Å². The van der Waals surface area contributed by atoms with Crippen molar-refractivity contribution in [1.82, 2.24) is 5.32 Å². The van der Waals surface area contributed by atoms with E-state index in [1.165, 1.54) is 17.4 Å². The van der Waals surface area contributed by atoms with Crippen molar-refractivity contribution in [2.75, 3.05) is 5.32 Å². The van der Waals surface area contributed by atoms with Crippen LogP contribution in [0.2, 0.25) is 0 Å². The number of rotatable bonds is 3. The van der Waals surface area contributed by atoms with Crippen LogP contribution in [0.1, 0.15) is 20.0 Å². The average Bonchev–Trinajstić information content (AvgIpc) is 2.94. The topological polar surface area (TPSA) is 78.4 Å². The Labute approximate surface area is 138 Å². The summed E-state index contributed by atoms with van der Waals surface area (Å²) >= 11 is 9.52. The number of hydrogen-bond acceptors (Lipinski definition) is 4. The number of anilines is 1. The molecule has 2 rings (SSSR count). The fourth-order valence-corrected chi connectivity index (χ4v) is 2.71. The van der Waals surface area contributed by atoms with Crippen LogP contribution in [0.15, 0.2) is 40.2 Å². The highest BCUT2D eigenvalue weighted by Gasteiger charge is 2.13. The monoisotopic (exact) mass is 384 g/mol. The molecule has 0 aliphatic rings. The summed E-state index contributed by atoms with van der Waals surface area (Å²) in [6, 6.07) is 8.13. The molecule has 0 fully saturated rings. The molecule has 0 aliphatic heterocycles. The number of amides is 1. The molecule has 1 amide bonds. The second kappa shape index (κ2) is 6.79. The molecular formula is C13H9BrN2O3S2. The Kier molecular flexibility index (Phi) is 5.05. The lowest BCUT2D eigenvalue weighted by atomic mass is 10.2. The summed E-state index contributed by atoms with van der Waals surface area (Å²) in [6.45, 7) is 0. The third-order valence-electron chi connectivity index (χ3n) is 2.43. The first kappa shape index (κ1) is 15.6. The molecule has 0 saturated heterocycles. The number of carboxylic acids is 1. The van der Waals surface area contributed by atoms with E-state index >= 15 is 0 Å². The maximum atomic E-state index is 11.8. The summed E-state index contributed by atoms with van der Waals surface area (Å²) in [5.74, 6) is -1.43. The Hall–Kier alpha value is -1.77. The zero-order valence-electron chi connectivity index (χ0n) is 10.4. The SMILES string of the molecule is O=C(NC(=S)Nc1ccc(Br)cc1C(=O)O)c1cccs1. The van der Waals surface area contributed by atoms with E-state index in [1.807, 2.05) is 0 Å². The highest BCUT2D eigenvalue weighted by Crippen LogP contribution is 2.21. The minimum absolute atomic E-state index is 0.0400. The molecule has 2 aromatic rings. The lowest BCUT2D eigenvalue weighted by molar-refractivity contribution is 0.0697. The number of hydrogen-bond donors (Lipinski definition) is 3. The summed E-state index contributed by atoms with van der Waals surface area (Å²) in [4.78, 5) is 23.5. The molecule has 1 heterocycles. The molecule has 0 aliphatic carbocycles. The van der Waals surface area contributed by atoms with E-state index in [1.54, 1.807) is 29.6 Å². The van der Waals surface area contributed by atoms with E-state index in [4.69, 9.17) is 17.3 Å². The van der Waals surface area contributed by atoms with Gasteiger partial charge in [-0.05, 0) is 41.9 Å². The smallest absolute Gasteiger partial charge is 0.337 e. The maximum Gasteiger partial charge on any atom is 0.337 e. The van der Waals surface area contributed by atoms with Crippen LogP contribution in [0.4, 0.5) is 5.69 Å². The minimum atomic E-state index is -1.09. The van der Waals surface area contributed by atoms with E-state index in [-0.39, 0.29) is 16.6 Å². The van der Waals surface area contributed by atoms with Gasteiger partial charge in [0.1, 0.15) is 0 Å². The number of thiophene rings is 1. The molecule has 3 N–H and O–H groups in total. The van der Waals surface area contributed by atoms with Gasteiger partial charge in [0.15, 0.2) is 5.11 Å². The fourth-order valence-electron chi connectivity index (χ4n) is 1.53. The van der Waals surface area contributed by atoms with Crippen LogP contribution >= 0.6 is 39.5 Å². The van der Waals surface area contributed by atoms with Gasteiger partial charge in [-0.1, -0.05) is 22.0 Å². The summed E-state index contributed by atoms with van der Waals surface area (Å²) in [5.41, 5.74) is 0.360. The molecule has 0 radical (unpaired) electrons. The number of carbonyl (C=O) groups is 2. The van der Waals surface area contributed by atoms with Crippen LogP contribution in [-0.2, 0) is 0 Å². The normalized spacial score (nSPS) is 9.95. The zero-order valence-corrected chi connectivity index (χ0v) is 13.6. The van der Waals surface area contributed by atoms with Crippen molar-refractivity contribution >= 4 is 62.2 Å². The van der Waals surface area contributed by atoms with Gasteiger partial charge in [0.05, 0.1) is 16.1 Å². The third-order valence-corrected chi connectivity index (χ3v) is 4.00. The van der Waals surface area contributed by atoms with Gasteiger partial charge in [0.2, 0.25) is 0 Å². The van der Waals surface area contributed by atoms with Crippen molar-refractivity contribution in [2.45, 2.75) is 0 Å². The first-order valence-corrected chi connectivity index (χ1v) is 7.74. The predicted molar refractivity (Wildman–Crippen MR) is 89.1 cm³/mol. The zero-order chi connectivity index (χ0) is 15.4. The van der Waals surface area contributed by atoms with Crippen LogP contribution in [0.3, 0.4) is 0 Å². The number of halogens is 1. The van der Waals surface area contributed by atoms with E-state index < -0.39 is 5.97 Å². The van der Waals surface area contributed by atoms with Gasteiger partial charge >= 0.3 is 5.97 Å². The van der Waals surface area contributed by atoms with Gasteiger partial charge in [-0.2, -0.15) is 0 Å². The van der Waals surface area contributed by atoms with E-state index in [0.717, 1.165) is 0 Å². The molecule has 108 valence electrons. The standard InChI is InChI=1S/C13H9BrN2O3S2/c14-7-3-4-9(8(6-7)12(18)19)15-13(20)16-11(17)10-2-1-5-21-10/h1-6H,(H,18,19)(H2,15,16,17,20). The third kappa shape index (κ3) is 4.10. The molecule has 0 bridgehead atoms. The molecule has 0 unspecified atom stereocenters. The second-order valence-electron chi connectivity index (χ2n) is 3.88. The van der Waals surface area contributed by atoms with Crippen molar-refractivity contribution in [1.29, 1.82) is 0 Å². The molecule has 1 aromatic carbocycles. The molecule has 1 aromatic heterocycles. The van der Waals surface area contributed by atoms with Crippen molar-refractivity contribution in [2.24, 2.45) is 0 Å². The highest BCUT2D eigenvalue weighted by molar-refractivity contribution is 9.10. The number of nitrogens with one attached hydrogen (secondary N) is 2. The summed E-state index contributed by atoms with van der Waals surface area (Å²) in [6.07, 6.45) is 0.